The Morgan fingerprint density at radius 2 is 2.17 bits per heavy atom. The summed E-state index contributed by atoms with van der Waals surface area (Å²) in [5.41, 5.74) is 7.63. The third-order valence-corrected chi connectivity index (χ3v) is 3.31. The number of halogens is 2. The van der Waals surface area contributed by atoms with E-state index in [4.69, 9.17) is 28.9 Å². The molecule has 0 amide bonds. The lowest BCUT2D eigenvalue weighted by Gasteiger charge is -2.04. The molecule has 1 unspecified atom stereocenters. The summed E-state index contributed by atoms with van der Waals surface area (Å²) in [6, 6.07) is 5.33. The summed E-state index contributed by atoms with van der Waals surface area (Å²) >= 11 is 12.0. The van der Waals surface area contributed by atoms with Crippen LogP contribution in [0.2, 0.25) is 10.0 Å². The SMILES string of the molecule is CCC(N)c1cn(Cc2ccc(Cl)cc2Cl)nn1. The molecular formula is C12H14Cl2N4. The Morgan fingerprint density at radius 1 is 1.39 bits per heavy atom. The van der Waals surface area contributed by atoms with Gasteiger partial charge < -0.3 is 5.73 Å². The summed E-state index contributed by atoms with van der Waals surface area (Å²) in [7, 11) is 0. The van der Waals surface area contributed by atoms with Crippen LogP contribution in [-0.2, 0) is 6.54 Å². The Labute approximate surface area is 116 Å². The van der Waals surface area contributed by atoms with Crippen molar-refractivity contribution in [2.24, 2.45) is 5.73 Å². The normalized spacial score (nSPS) is 12.7. The molecule has 18 heavy (non-hydrogen) atoms. The average molecular weight is 285 g/mol. The van der Waals surface area contributed by atoms with Crippen LogP contribution in [0.3, 0.4) is 0 Å². The van der Waals surface area contributed by atoms with Gasteiger partial charge >= 0.3 is 0 Å². The molecule has 1 aromatic heterocycles. The topological polar surface area (TPSA) is 56.7 Å². The molecule has 6 heteroatoms. The molecule has 1 aromatic carbocycles. The highest BCUT2D eigenvalue weighted by molar-refractivity contribution is 6.35. The molecule has 0 fully saturated rings. The fourth-order valence-corrected chi connectivity index (χ4v) is 2.06. The Kier molecular flexibility index (Phi) is 4.22. The second kappa shape index (κ2) is 5.69. The van der Waals surface area contributed by atoms with E-state index in [-0.39, 0.29) is 6.04 Å². The summed E-state index contributed by atoms with van der Waals surface area (Å²) in [6.45, 7) is 2.57. The molecular weight excluding hydrogens is 271 g/mol. The minimum absolute atomic E-state index is 0.0700. The van der Waals surface area contributed by atoms with Crippen LogP contribution in [0.4, 0.5) is 0 Å². The van der Waals surface area contributed by atoms with Gasteiger partial charge in [-0.15, -0.1) is 5.10 Å². The number of hydrogen-bond acceptors (Lipinski definition) is 3. The second-order valence-electron chi connectivity index (χ2n) is 4.09. The summed E-state index contributed by atoms with van der Waals surface area (Å²) in [5, 5.41) is 9.33. The fourth-order valence-electron chi connectivity index (χ4n) is 1.59. The highest BCUT2D eigenvalue weighted by atomic mass is 35.5. The summed E-state index contributed by atoms with van der Waals surface area (Å²) < 4.78 is 1.72. The molecule has 0 aliphatic heterocycles. The number of benzene rings is 1. The lowest BCUT2D eigenvalue weighted by atomic mass is 10.2. The van der Waals surface area contributed by atoms with Gasteiger partial charge in [0.25, 0.3) is 0 Å². The van der Waals surface area contributed by atoms with Crippen LogP contribution >= 0.6 is 23.2 Å². The van der Waals surface area contributed by atoms with Gasteiger partial charge in [-0.05, 0) is 24.1 Å². The van der Waals surface area contributed by atoms with E-state index in [1.807, 2.05) is 19.2 Å². The zero-order valence-electron chi connectivity index (χ0n) is 9.98. The van der Waals surface area contributed by atoms with Crippen molar-refractivity contribution in [1.82, 2.24) is 15.0 Å². The molecule has 96 valence electrons. The monoisotopic (exact) mass is 284 g/mol. The lowest BCUT2D eigenvalue weighted by molar-refractivity contribution is 0.644. The largest absolute Gasteiger partial charge is 0.323 e. The van der Waals surface area contributed by atoms with E-state index in [0.717, 1.165) is 17.7 Å². The van der Waals surface area contributed by atoms with Crippen molar-refractivity contribution in [3.05, 3.63) is 45.7 Å². The molecule has 1 atom stereocenters. The Hall–Kier alpha value is -1.10. The molecule has 4 nitrogen and oxygen atoms in total. The van der Waals surface area contributed by atoms with Gasteiger partial charge in [0.1, 0.15) is 0 Å². The molecule has 0 saturated heterocycles. The van der Waals surface area contributed by atoms with Crippen molar-refractivity contribution in [3.8, 4) is 0 Å². The fraction of sp³-hybridized carbons (Fsp3) is 0.333. The zero-order valence-corrected chi connectivity index (χ0v) is 11.5. The van der Waals surface area contributed by atoms with E-state index in [1.165, 1.54) is 0 Å². The molecule has 2 rings (SSSR count). The number of nitrogens with zero attached hydrogens (tertiary/aromatic N) is 3. The van der Waals surface area contributed by atoms with Crippen LogP contribution in [0.15, 0.2) is 24.4 Å². The number of aromatic nitrogens is 3. The van der Waals surface area contributed by atoms with Crippen molar-refractivity contribution in [2.45, 2.75) is 25.9 Å². The van der Waals surface area contributed by atoms with E-state index >= 15 is 0 Å². The van der Waals surface area contributed by atoms with Crippen LogP contribution in [0.5, 0.6) is 0 Å². The third kappa shape index (κ3) is 3.02. The molecule has 0 spiro atoms. The van der Waals surface area contributed by atoms with Gasteiger partial charge in [-0.25, -0.2) is 4.68 Å². The van der Waals surface area contributed by atoms with Crippen molar-refractivity contribution in [1.29, 1.82) is 0 Å². The summed E-state index contributed by atoms with van der Waals surface area (Å²) in [5.74, 6) is 0. The standard InChI is InChI=1S/C12H14Cl2N4/c1-2-11(15)12-7-18(17-16-12)6-8-3-4-9(13)5-10(8)14/h3-5,7,11H,2,6,15H2,1H3. The first kappa shape index (κ1) is 13.3. The minimum Gasteiger partial charge on any atom is -0.323 e. The van der Waals surface area contributed by atoms with Gasteiger partial charge in [0.2, 0.25) is 0 Å². The zero-order chi connectivity index (χ0) is 13.1. The van der Waals surface area contributed by atoms with Gasteiger partial charge in [0, 0.05) is 10.0 Å². The van der Waals surface area contributed by atoms with Crippen molar-refractivity contribution < 1.29 is 0 Å². The van der Waals surface area contributed by atoms with Gasteiger partial charge in [-0.2, -0.15) is 0 Å². The predicted octanol–water partition coefficient (Wildman–Crippen LogP) is 3.04. The van der Waals surface area contributed by atoms with E-state index in [9.17, 15) is 0 Å². The highest BCUT2D eigenvalue weighted by Crippen LogP contribution is 2.21. The molecule has 0 radical (unpaired) electrons. The van der Waals surface area contributed by atoms with E-state index in [1.54, 1.807) is 16.8 Å². The van der Waals surface area contributed by atoms with Gasteiger partial charge in [-0.1, -0.05) is 41.4 Å². The second-order valence-corrected chi connectivity index (χ2v) is 4.94. The van der Waals surface area contributed by atoms with Crippen LogP contribution in [0, 0.1) is 0 Å². The van der Waals surface area contributed by atoms with E-state index in [2.05, 4.69) is 10.3 Å². The van der Waals surface area contributed by atoms with E-state index in [0.29, 0.717) is 16.6 Å². The van der Waals surface area contributed by atoms with E-state index < -0.39 is 0 Å². The number of nitrogens with two attached hydrogens (primary N) is 1. The minimum atomic E-state index is -0.0700. The first-order chi connectivity index (χ1) is 8.60. The number of hydrogen-bond donors (Lipinski definition) is 1. The molecule has 2 N–H and O–H groups in total. The first-order valence-corrected chi connectivity index (χ1v) is 6.45. The smallest absolute Gasteiger partial charge is 0.0994 e. The van der Waals surface area contributed by atoms with Gasteiger partial charge in [-0.3, -0.25) is 0 Å². The van der Waals surface area contributed by atoms with Crippen LogP contribution in [-0.4, -0.2) is 15.0 Å². The number of rotatable bonds is 4. The lowest BCUT2D eigenvalue weighted by Crippen LogP contribution is -2.08. The van der Waals surface area contributed by atoms with Crippen molar-refractivity contribution in [2.75, 3.05) is 0 Å². The Bertz CT molecular complexity index is 539. The predicted molar refractivity (Wildman–Crippen MR) is 72.8 cm³/mol. The maximum Gasteiger partial charge on any atom is 0.0994 e. The quantitative estimate of drug-likeness (QED) is 0.939. The van der Waals surface area contributed by atoms with Gasteiger partial charge in [0.05, 0.1) is 24.5 Å². The van der Waals surface area contributed by atoms with Crippen LogP contribution in [0.25, 0.3) is 0 Å². The van der Waals surface area contributed by atoms with Gasteiger partial charge in [0.15, 0.2) is 0 Å². The Balaban J connectivity index is 2.16. The maximum absolute atomic E-state index is 6.11. The van der Waals surface area contributed by atoms with Crippen LogP contribution < -0.4 is 5.73 Å². The summed E-state index contributed by atoms with van der Waals surface area (Å²) in [4.78, 5) is 0. The third-order valence-electron chi connectivity index (χ3n) is 2.72. The molecule has 0 aliphatic rings. The molecule has 1 heterocycles. The molecule has 2 aromatic rings. The average Bonchev–Trinajstić information content (AvgIpc) is 2.80. The highest BCUT2D eigenvalue weighted by Gasteiger charge is 2.09. The first-order valence-electron chi connectivity index (χ1n) is 5.69. The molecule has 0 saturated carbocycles. The van der Waals surface area contributed by atoms with Crippen molar-refractivity contribution in [3.63, 3.8) is 0 Å². The summed E-state index contributed by atoms with van der Waals surface area (Å²) in [6.07, 6.45) is 2.68. The molecule has 0 bridgehead atoms. The molecule has 0 aliphatic carbocycles. The Morgan fingerprint density at radius 3 is 2.83 bits per heavy atom. The van der Waals surface area contributed by atoms with Crippen LogP contribution in [0.1, 0.15) is 30.6 Å². The van der Waals surface area contributed by atoms with Crippen molar-refractivity contribution >= 4 is 23.2 Å². The maximum atomic E-state index is 6.11.